The minimum atomic E-state index is 0.566. The van der Waals surface area contributed by atoms with Gasteiger partial charge in [0, 0.05) is 17.0 Å². The van der Waals surface area contributed by atoms with Crippen LogP contribution in [0.2, 0.25) is 0 Å². The average molecular weight is 276 g/mol. The summed E-state index contributed by atoms with van der Waals surface area (Å²) in [5, 5.41) is 2.61. The molecule has 0 radical (unpaired) electrons. The molecule has 0 aliphatic rings. The molecule has 0 bridgehead atoms. The summed E-state index contributed by atoms with van der Waals surface area (Å²) in [6, 6.07) is 17.6. The number of pyridine rings is 1. The topological polar surface area (TPSA) is 3.88 Å². The third-order valence-corrected chi connectivity index (χ3v) is 4.20. The Hall–Kier alpha value is -2.15. The number of aromatic nitrogens is 1. The third kappa shape index (κ3) is 2.56. The summed E-state index contributed by atoms with van der Waals surface area (Å²) in [4.78, 5) is 0. The zero-order chi connectivity index (χ0) is 15.0. The fraction of sp³-hybridized carbons (Fsp3) is 0.250. The van der Waals surface area contributed by atoms with Crippen LogP contribution < -0.4 is 4.57 Å². The van der Waals surface area contributed by atoms with Crippen molar-refractivity contribution in [3.05, 3.63) is 65.9 Å². The number of rotatable bonds is 2. The molecule has 0 aliphatic heterocycles. The molecule has 0 aliphatic carbocycles. The van der Waals surface area contributed by atoms with E-state index in [0.29, 0.717) is 5.92 Å². The minimum Gasteiger partial charge on any atom is -0.200 e. The lowest BCUT2D eigenvalue weighted by molar-refractivity contribution is -0.659. The van der Waals surface area contributed by atoms with Gasteiger partial charge in [-0.05, 0) is 41.5 Å². The molecular formula is C20H22N+. The number of fused-ring (bicyclic) bond motifs is 1. The molecule has 1 heteroatoms. The molecule has 1 heterocycles. The molecule has 1 aromatic heterocycles. The number of hydrogen-bond acceptors (Lipinski definition) is 0. The largest absolute Gasteiger partial charge is 0.213 e. The van der Waals surface area contributed by atoms with E-state index in [1.807, 2.05) is 0 Å². The molecule has 3 aromatic rings. The first-order valence-corrected chi connectivity index (χ1v) is 7.55. The summed E-state index contributed by atoms with van der Waals surface area (Å²) < 4.78 is 2.23. The van der Waals surface area contributed by atoms with Gasteiger partial charge in [0.1, 0.15) is 7.05 Å². The fourth-order valence-electron chi connectivity index (χ4n) is 2.85. The molecule has 2 aromatic carbocycles. The molecule has 0 saturated heterocycles. The molecule has 0 amide bonds. The molecular weight excluding hydrogens is 254 g/mol. The van der Waals surface area contributed by atoms with E-state index in [1.54, 1.807) is 0 Å². The highest BCUT2D eigenvalue weighted by atomic mass is 14.9. The van der Waals surface area contributed by atoms with Gasteiger partial charge in [0.05, 0.1) is 0 Å². The van der Waals surface area contributed by atoms with Crippen molar-refractivity contribution in [2.24, 2.45) is 7.05 Å². The Balaban J connectivity index is 2.21. The summed E-state index contributed by atoms with van der Waals surface area (Å²) in [5.41, 5.74) is 5.27. The summed E-state index contributed by atoms with van der Waals surface area (Å²) in [7, 11) is 2.13. The van der Waals surface area contributed by atoms with Crippen LogP contribution in [0.15, 0.2) is 54.7 Å². The maximum absolute atomic E-state index is 2.31. The monoisotopic (exact) mass is 276 g/mol. The molecule has 3 rings (SSSR count). The normalized spacial score (nSPS) is 11.3. The summed E-state index contributed by atoms with van der Waals surface area (Å²) in [6.45, 7) is 6.65. The van der Waals surface area contributed by atoms with Crippen LogP contribution in [0.25, 0.3) is 22.0 Å². The fourth-order valence-corrected chi connectivity index (χ4v) is 2.85. The molecule has 0 saturated carbocycles. The van der Waals surface area contributed by atoms with Gasteiger partial charge in [0.2, 0.25) is 5.69 Å². The Kier molecular flexibility index (Phi) is 3.50. The Morgan fingerprint density at radius 2 is 1.67 bits per heavy atom. The minimum absolute atomic E-state index is 0.566. The Morgan fingerprint density at radius 1 is 0.905 bits per heavy atom. The van der Waals surface area contributed by atoms with Crippen LogP contribution in [-0.2, 0) is 7.05 Å². The highest BCUT2D eigenvalue weighted by Crippen LogP contribution is 2.25. The maximum Gasteiger partial charge on any atom is 0.213 e. The molecule has 0 N–H and O–H groups in total. The van der Waals surface area contributed by atoms with Crippen LogP contribution in [0, 0.1) is 6.92 Å². The van der Waals surface area contributed by atoms with Gasteiger partial charge in [-0.25, -0.2) is 4.57 Å². The number of nitrogens with zero attached hydrogens (tertiary/aromatic N) is 1. The average Bonchev–Trinajstić information content (AvgIpc) is 2.46. The van der Waals surface area contributed by atoms with E-state index in [4.69, 9.17) is 0 Å². The molecule has 0 atom stereocenters. The lowest BCUT2D eigenvalue weighted by Crippen LogP contribution is -2.30. The van der Waals surface area contributed by atoms with Crippen molar-refractivity contribution in [1.82, 2.24) is 0 Å². The van der Waals surface area contributed by atoms with Crippen molar-refractivity contribution < 1.29 is 4.57 Å². The first-order chi connectivity index (χ1) is 10.1. The highest BCUT2D eigenvalue weighted by molar-refractivity contribution is 5.84. The van der Waals surface area contributed by atoms with Gasteiger partial charge in [-0.15, -0.1) is 0 Å². The summed E-state index contributed by atoms with van der Waals surface area (Å²) in [6.07, 6.45) is 2.24. The second kappa shape index (κ2) is 5.33. The molecule has 0 spiro atoms. The van der Waals surface area contributed by atoms with Gasteiger partial charge < -0.3 is 0 Å². The van der Waals surface area contributed by atoms with E-state index in [-0.39, 0.29) is 0 Å². The SMILES string of the molecule is Cc1ccccc1-c1cc2ccc(C(C)C)cc2c[n+]1C. The Labute approximate surface area is 126 Å². The first-order valence-electron chi connectivity index (χ1n) is 7.55. The molecule has 1 nitrogen and oxygen atoms in total. The lowest BCUT2D eigenvalue weighted by atomic mass is 9.98. The van der Waals surface area contributed by atoms with Crippen molar-refractivity contribution in [2.45, 2.75) is 26.7 Å². The van der Waals surface area contributed by atoms with E-state index in [2.05, 4.69) is 87.1 Å². The van der Waals surface area contributed by atoms with Gasteiger partial charge in [0.15, 0.2) is 6.20 Å². The van der Waals surface area contributed by atoms with Crippen LogP contribution in [0.5, 0.6) is 0 Å². The standard InChI is InChI=1S/C20H22N/c1-14(2)16-9-10-17-12-20(21(4)13-18(17)11-16)19-8-6-5-7-15(19)3/h5-14H,1-4H3/q+1. The van der Waals surface area contributed by atoms with Crippen LogP contribution in [0.3, 0.4) is 0 Å². The Bertz CT molecular complexity index is 800. The van der Waals surface area contributed by atoms with Crippen molar-refractivity contribution in [1.29, 1.82) is 0 Å². The zero-order valence-electron chi connectivity index (χ0n) is 13.2. The zero-order valence-corrected chi connectivity index (χ0v) is 13.2. The van der Waals surface area contributed by atoms with Crippen LogP contribution in [0.1, 0.15) is 30.9 Å². The molecule has 21 heavy (non-hydrogen) atoms. The van der Waals surface area contributed by atoms with E-state index in [1.165, 1.54) is 33.2 Å². The number of hydrogen-bond donors (Lipinski definition) is 0. The number of benzene rings is 2. The maximum atomic E-state index is 2.31. The second-order valence-electron chi connectivity index (χ2n) is 6.13. The smallest absolute Gasteiger partial charge is 0.200 e. The first kappa shape index (κ1) is 13.8. The van der Waals surface area contributed by atoms with Gasteiger partial charge in [-0.1, -0.05) is 44.2 Å². The number of aryl methyl sites for hydroxylation is 2. The van der Waals surface area contributed by atoms with E-state index in [9.17, 15) is 0 Å². The van der Waals surface area contributed by atoms with Crippen LogP contribution in [-0.4, -0.2) is 0 Å². The van der Waals surface area contributed by atoms with Crippen molar-refractivity contribution in [3.8, 4) is 11.3 Å². The predicted octanol–water partition coefficient (Wildman–Crippen LogP) is 4.76. The highest BCUT2D eigenvalue weighted by Gasteiger charge is 2.14. The van der Waals surface area contributed by atoms with Crippen molar-refractivity contribution >= 4 is 10.8 Å². The lowest BCUT2D eigenvalue weighted by Gasteiger charge is -2.08. The van der Waals surface area contributed by atoms with Gasteiger partial charge in [-0.2, -0.15) is 0 Å². The third-order valence-electron chi connectivity index (χ3n) is 4.20. The van der Waals surface area contributed by atoms with Crippen molar-refractivity contribution in [2.75, 3.05) is 0 Å². The molecule has 106 valence electrons. The van der Waals surface area contributed by atoms with Gasteiger partial charge in [0.25, 0.3) is 0 Å². The molecule has 0 fully saturated rings. The van der Waals surface area contributed by atoms with Crippen LogP contribution in [0.4, 0.5) is 0 Å². The van der Waals surface area contributed by atoms with Crippen LogP contribution >= 0.6 is 0 Å². The predicted molar refractivity (Wildman–Crippen MR) is 89.4 cm³/mol. The summed E-state index contributed by atoms with van der Waals surface area (Å²) >= 11 is 0. The second-order valence-corrected chi connectivity index (χ2v) is 6.13. The van der Waals surface area contributed by atoms with Crippen molar-refractivity contribution in [3.63, 3.8) is 0 Å². The van der Waals surface area contributed by atoms with Gasteiger partial charge in [-0.3, -0.25) is 0 Å². The molecule has 0 unspecified atom stereocenters. The summed E-state index contributed by atoms with van der Waals surface area (Å²) in [5.74, 6) is 0.566. The van der Waals surface area contributed by atoms with E-state index < -0.39 is 0 Å². The quantitative estimate of drug-likeness (QED) is 0.594. The van der Waals surface area contributed by atoms with Gasteiger partial charge >= 0.3 is 0 Å². The van der Waals surface area contributed by atoms with E-state index in [0.717, 1.165) is 0 Å². The van der Waals surface area contributed by atoms with E-state index >= 15 is 0 Å². The Morgan fingerprint density at radius 3 is 2.38 bits per heavy atom.